The first-order valence-corrected chi connectivity index (χ1v) is 9.83. The Morgan fingerprint density at radius 2 is 1.88 bits per heavy atom. The molecule has 1 aliphatic carbocycles. The number of aryl methyl sites for hydroxylation is 1. The average molecular weight is 412 g/mol. The molecule has 0 saturated carbocycles. The maximum atomic E-state index is 12.8. The number of hydrogen-bond donors (Lipinski definition) is 0. The van der Waals surface area contributed by atoms with Crippen molar-refractivity contribution in [3.8, 4) is 0 Å². The molecule has 0 amide bonds. The highest BCUT2D eigenvalue weighted by Crippen LogP contribution is 2.29. The SMILES string of the molecule is CN1CCN(c2ccc(/C=C3\CCc4ccc(Br)cc4C3=O)nc2)CC1. The van der Waals surface area contributed by atoms with Crippen molar-refractivity contribution in [2.75, 3.05) is 38.1 Å². The smallest absolute Gasteiger partial charge is 0.189 e. The van der Waals surface area contributed by atoms with Gasteiger partial charge in [-0.15, -0.1) is 0 Å². The van der Waals surface area contributed by atoms with Crippen molar-refractivity contribution >= 4 is 33.5 Å². The van der Waals surface area contributed by atoms with Crippen LogP contribution in [0.25, 0.3) is 6.08 Å². The Kier molecular flexibility index (Phi) is 4.92. The molecule has 0 N–H and O–H groups in total. The van der Waals surface area contributed by atoms with E-state index in [1.54, 1.807) is 0 Å². The van der Waals surface area contributed by atoms with E-state index in [-0.39, 0.29) is 5.78 Å². The van der Waals surface area contributed by atoms with Gasteiger partial charge in [-0.25, -0.2) is 0 Å². The van der Waals surface area contributed by atoms with Crippen LogP contribution < -0.4 is 4.90 Å². The number of nitrogens with zero attached hydrogens (tertiary/aromatic N) is 3. The summed E-state index contributed by atoms with van der Waals surface area (Å²) in [6.07, 6.45) is 5.55. The normalized spacial score (nSPS) is 19.7. The zero-order chi connectivity index (χ0) is 18.1. The largest absolute Gasteiger partial charge is 0.368 e. The second-order valence-electron chi connectivity index (χ2n) is 7.03. The van der Waals surface area contributed by atoms with Crippen molar-refractivity contribution in [3.63, 3.8) is 0 Å². The predicted octanol–water partition coefficient (Wildman–Crippen LogP) is 3.81. The fourth-order valence-corrected chi connectivity index (χ4v) is 3.95. The molecular formula is C21H22BrN3O. The monoisotopic (exact) mass is 411 g/mol. The van der Waals surface area contributed by atoms with Gasteiger partial charge in [0.15, 0.2) is 5.78 Å². The summed E-state index contributed by atoms with van der Waals surface area (Å²) in [4.78, 5) is 22.1. The van der Waals surface area contributed by atoms with Gasteiger partial charge in [0.25, 0.3) is 0 Å². The zero-order valence-corrected chi connectivity index (χ0v) is 16.5. The maximum absolute atomic E-state index is 12.8. The van der Waals surface area contributed by atoms with E-state index in [0.29, 0.717) is 0 Å². The predicted molar refractivity (Wildman–Crippen MR) is 109 cm³/mol. The second kappa shape index (κ2) is 7.33. The lowest BCUT2D eigenvalue weighted by Gasteiger charge is -2.33. The molecule has 2 aliphatic rings. The minimum atomic E-state index is 0.123. The number of rotatable bonds is 2. The summed E-state index contributed by atoms with van der Waals surface area (Å²) in [6.45, 7) is 4.22. The number of piperazine rings is 1. The summed E-state index contributed by atoms with van der Waals surface area (Å²) in [7, 11) is 2.16. The molecule has 1 aromatic heterocycles. The molecule has 1 saturated heterocycles. The molecular weight excluding hydrogens is 390 g/mol. The van der Waals surface area contributed by atoms with Crippen LogP contribution in [-0.2, 0) is 6.42 Å². The van der Waals surface area contributed by atoms with Crippen LogP contribution >= 0.6 is 15.9 Å². The highest BCUT2D eigenvalue weighted by atomic mass is 79.9. The summed E-state index contributed by atoms with van der Waals surface area (Å²) >= 11 is 3.46. The molecule has 0 unspecified atom stereocenters. The van der Waals surface area contributed by atoms with E-state index in [1.807, 2.05) is 36.5 Å². The average Bonchev–Trinajstić information content (AvgIpc) is 2.66. The van der Waals surface area contributed by atoms with Gasteiger partial charge < -0.3 is 9.80 Å². The van der Waals surface area contributed by atoms with Crippen molar-refractivity contribution in [1.29, 1.82) is 0 Å². The van der Waals surface area contributed by atoms with Gasteiger partial charge in [-0.2, -0.15) is 0 Å². The molecule has 1 fully saturated rings. The molecule has 1 aliphatic heterocycles. The minimum Gasteiger partial charge on any atom is -0.368 e. The number of ketones is 1. The van der Waals surface area contributed by atoms with E-state index >= 15 is 0 Å². The molecule has 4 rings (SSSR count). The first-order chi connectivity index (χ1) is 12.6. The molecule has 4 nitrogen and oxygen atoms in total. The van der Waals surface area contributed by atoms with Crippen molar-refractivity contribution in [2.45, 2.75) is 12.8 Å². The van der Waals surface area contributed by atoms with Crippen LogP contribution in [0.3, 0.4) is 0 Å². The van der Waals surface area contributed by atoms with Crippen molar-refractivity contribution in [1.82, 2.24) is 9.88 Å². The summed E-state index contributed by atoms with van der Waals surface area (Å²) < 4.78 is 0.945. The van der Waals surface area contributed by atoms with E-state index in [4.69, 9.17) is 0 Å². The number of halogens is 1. The Hall–Kier alpha value is -1.98. The van der Waals surface area contributed by atoms with E-state index in [9.17, 15) is 4.79 Å². The zero-order valence-electron chi connectivity index (χ0n) is 14.9. The standard InChI is InChI=1S/C21H22BrN3O/c1-24-8-10-25(11-9-24)19-7-6-18(23-14-19)12-16-3-2-15-4-5-17(22)13-20(15)21(16)26/h4-7,12-14H,2-3,8-11H2,1H3/b16-12+. The quantitative estimate of drug-likeness (QED) is 0.703. The number of benzene rings is 1. The molecule has 134 valence electrons. The fraction of sp³-hybridized carbons (Fsp3) is 0.333. The van der Waals surface area contributed by atoms with E-state index < -0.39 is 0 Å². The van der Waals surface area contributed by atoms with Gasteiger partial charge in [0.05, 0.1) is 17.6 Å². The fourth-order valence-electron chi connectivity index (χ4n) is 3.58. The number of aromatic nitrogens is 1. The van der Waals surface area contributed by atoms with Gasteiger partial charge >= 0.3 is 0 Å². The Morgan fingerprint density at radius 3 is 2.62 bits per heavy atom. The molecule has 2 heterocycles. The van der Waals surface area contributed by atoms with Gasteiger partial charge in [-0.05, 0) is 55.8 Å². The van der Waals surface area contributed by atoms with Crippen LogP contribution in [0.5, 0.6) is 0 Å². The summed E-state index contributed by atoms with van der Waals surface area (Å²) in [5, 5.41) is 0. The summed E-state index contributed by atoms with van der Waals surface area (Å²) in [6, 6.07) is 10.1. The maximum Gasteiger partial charge on any atom is 0.189 e. The molecule has 0 bridgehead atoms. The summed E-state index contributed by atoms with van der Waals surface area (Å²) in [5.74, 6) is 0.123. The van der Waals surface area contributed by atoms with Gasteiger partial charge in [-0.3, -0.25) is 9.78 Å². The third-order valence-corrected chi connectivity index (χ3v) is 5.73. The van der Waals surface area contributed by atoms with Gasteiger partial charge in [-0.1, -0.05) is 22.0 Å². The Labute approximate surface area is 162 Å². The van der Waals surface area contributed by atoms with Crippen LogP contribution in [-0.4, -0.2) is 48.9 Å². The second-order valence-corrected chi connectivity index (χ2v) is 7.95. The van der Waals surface area contributed by atoms with Crippen molar-refractivity contribution in [3.05, 3.63) is 63.4 Å². The lowest BCUT2D eigenvalue weighted by atomic mass is 9.86. The number of likely N-dealkylation sites (N-methyl/N-ethyl adjacent to an activating group) is 1. The van der Waals surface area contributed by atoms with Crippen LogP contribution in [0.2, 0.25) is 0 Å². The Morgan fingerprint density at radius 1 is 1.08 bits per heavy atom. The number of Topliss-reactive ketones (excluding diaryl/α,β-unsaturated/α-hetero) is 1. The lowest BCUT2D eigenvalue weighted by Crippen LogP contribution is -2.44. The van der Waals surface area contributed by atoms with Gasteiger partial charge in [0.1, 0.15) is 0 Å². The molecule has 1 aromatic carbocycles. The van der Waals surface area contributed by atoms with Crippen LogP contribution in [0.1, 0.15) is 28.0 Å². The number of carbonyl (C=O) groups excluding carboxylic acids is 1. The molecule has 2 aromatic rings. The number of hydrogen-bond acceptors (Lipinski definition) is 4. The van der Waals surface area contributed by atoms with Crippen molar-refractivity contribution < 1.29 is 4.79 Å². The summed E-state index contributed by atoms with van der Waals surface area (Å²) in [5.41, 5.74) is 4.80. The highest BCUT2D eigenvalue weighted by Gasteiger charge is 2.22. The Balaban J connectivity index is 1.52. The third-order valence-electron chi connectivity index (χ3n) is 5.23. The topological polar surface area (TPSA) is 36.4 Å². The van der Waals surface area contributed by atoms with Crippen molar-refractivity contribution in [2.24, 2.45) is 0 Å². The molecule has 0 radical (unpaired) electrons. The molecule has 0 atom stereocenters. The van der Waals surface area contributed by atoms with Crippen LogP contribution in [0.4, 0.5) is 5.69 Å². The number of fused-ring (bicyclic) bond motifs is 1. The minimum absolute atomic E-state index is 0.123. The molecule has 0 spiro atoms. The number of anilines is 1. The third kappa shape index (κ3) is 3.60. The van der Waals surface area contributed by atoms with Gasteiger partial charge in [0, 0.05) is 41.8 Å². The molecule has 26 heavy (non-hydrogen) atoms. The van der Waals surface area contributed by atoms with E-state index in [2.05, 4.69) is 43.8 Å². The van der Waals surface area contributed by atoms with E-state index in [0.717, 1.165) is 71.6 Å². The highest BCUT2D eigenvalue weighted by molar-refractivity contribution is 9.10. The first kappa shape index (κ1) is 17.4. The number of allylic oxidation sites excluding steroid dienone is 1. The Bertz CT molecular complexity index is 852. The van der Waals surface area contributed by atoms with E-state index in [1.165, 1.54) is 0 Å². The number of pyridine rings is 1. The lowest BCUT2D eigenvalue weighted by molar-refractivity contribution is 0.102. The number of carbonyl (C=O) groups is 1. The van der Waals surface area contributed by atoms with Crippen LogP contribution in [0, 0.1) is 0 Å². The van der Waals surface area contributed by atoms with Crippen LogP contribution in [0.15, 0.2) is 46.6 Å². The first-order valence-electron chi connectivity index (χ1n) is 9.03. The van der Waals surface area contributed by atoms with Gasteiger partial charge in [0.2, 0.25) is 0 Å². The molecule has 5 heteroatoms.